The molecule has 8 heteroatoms. The Bertz CT molecular complexity index is 585. The second kappa shape index (κ2) is 6.01. The molecule has 0 bridgehead atoms. The Morgan fingerprint density at radius 1 is 1.21 bits per heavy atom. The van der Waals surface area contributed by atoms with Crippen LogP contribution in [0.2, 0.25) is 0 Å². The Labute approximate surface area is 112 Å². The van der Waals surface area contributed by atoms with Gasteiger partial charge in [0.1, 0.15) is 5.01 Å². The monoisotopic (exact) mass is 278 g/mol. The average Bonchev–Trinajstić information content (AvgIpc) is 2.86. The van der Waals surface area contributed by atoms with Crippen LogP contribution in [0.5, 0.6) is 0 Å². The molecule has 0 aliphatic rings. The van der Waals surface area contributed by atoms with Crippen molar-refractivity contribution in [3.63, 3.8) is 0 Å². The van der Waals surface area contributed by atoms with Gasteiger partial charge >= 0.3 is 5.97 Å². The molecule has 1 amide bonds. The van der Waals surface area contributed by atoms with Gasteiger partial charge in [0, 0.05) is 24.4 Å². The van der Waals surface area contributed by atoms with E-state index in [0.717, 1.165) is 5.56 Å². The Balaban J connectivity index is 1.98. The van der Waals surface area contributed by atoms with E-state index in [4.69, 9.17) is 5.11 Å². The highest BCUT2D eigenvalue weighted by Crippen LogP contribution is 2.25. The van der Waals surface area contributed by atoms with Crippen LogP contribution in [0.3, 0.4) is 0 Å². The molecular weight excluding hydrogens is 268 g/mol. The molecule has 7 nitrogen and oxygen atoms in total. The summed E-state index contributed by atoms with van der Waals surface area (Å²) in [6.07, 6.45) is 2.99. The summed E-state index contributed by atoms with van der Waals surface area (Å²) in [6, 6.07) is 3.58. The summed E-state index contributed by atoms with van der Waals surface area (Å²) in [6.45, 7) is 0. The molecule has 2 N–H and O–H groups in total. The number of nitrogens with zero attached hydrogens (tertiary/aromatic N) is 3. The highest BCUT2D eigenvalue weighted by atomic mass is 32.1. The molecule has 2 aromatic rings. The van der Waals surface area contributed by atoms with E-state index in [2.05, 4.69) is 20.5 Å². The lowest BCUT2D eigenvalue weighted by Gasteiger charge is -1.97. The minimum absolute atomic E-state index is 0.0838. The molecule has 0 saturated heterocycles. The van der Waals surface area contributed by atoms with E-state index in [9.17, 15) is 9.59 Å². The van der Waals surface area contributed by atoms with Crippen LogP contribution in [0.15, 0.2) is 24.5 Å². The van der Waals surface area contributed by atoms with Crippen molar-refractivity contribution in [2.75, 3.05) is 5.32 Å². The second-order valence-corrected chi connectivity index (χ2v) is 4.57. The number of pyridine rings is 1. The first kappa shape index (κ1) is 13.1. The molecule has 0 unspecified atom stereocenters. The first-order valence-electron chi connectivity index (χ1n) is 5.40. The van der Waals surface area contributed by atoms with Crippen LogP contribution in [0.1, 0.15) is 12.8 Å². The van der Waals surface area contributed by atoms with E-state index in [1.165, 1.54) is 11.3 Å². The predicted octanol–water partition coefficient (Wildman–Crippen LogP) is 1.40. The van der Waals surface area contributed by atoms with Crippen LogP contribution < -0.4 is 5.32 Å². The largest absolute Gasteiger partial charge is 0.481 e. The number of aliphatic carboxylic acids is 1. The highest BCUT2D eigenvalue weighted by Gasteiger charge is 2.10. The molecular formula is C11H10N4O3S. The zero-order valence-electron chi connectivity index (χ0n) is 9.74. The number of carboxylic acids is 1. The lowest BCUT2D eigenvalue weighted by molar-refractivity contribution is -0.138. The van der Waals surface area contributed by atoms with Gasteiger partial charge in [-0.3, -0.25) is 14.6 Å². The number of rotatable bonds is 5. The Morgan fingerprint density at radius 3 is 2.63 bits per heavy atom. The summed E-state index contributed by atoms with van der Waals surface area (Å²) in [5.74, 6) is -1.40. The van der Waals surface area contributed by atoms with E-state index < -0.39 is 5.97 Å². The van der Waals surface area contributed by atoms with Gasteiger partial charge in [-0.1, -0.05) is 11.3 Å². The highest BCUT2D eigenvalue weighted by molar-refractivity contribution is 7.18. The summed E-state index contributed by atoms with van der Waals surface area (Å²) in [7, 11) is 0. The van der Waals surface area contributed by atoms with Crippen molar-refractivity contribution >= 4 is 28.3 Å². The molecule has 0 fully saturated rings. The molecule has 2 rings (SSSR count). The third kappa shape index (κ3) is 3.81. The lowest BCUT2D eigenvalue weighted by atomic mass is 10.3. The Hall–Kier alpha value is -2.35. The van der Waals surface area contributed by atoms with Gasteiger partial charge in [-0.15, -0.1) is 10.2 Å². The maximum Gasteiger partial charge on any atom is 0.303 e. The van der Waals surface area contributed by atoms with E-state index in [1.54, 1.807) is 24.5 Å². The van der Waals surface area contributed by atoms with Gasteiger partial charge in [-0.2, -0.15) is 0 Å². The van der Waals surface area contributed by atoms with Gasteiger partial charge in [-0.25, -0.2) is 0 Å². The summed E-state index contributed by atoms with van der Waals surface area (Å²) < 4.78 is 0. The van der Waals surface area contributed by atoms with Crippen LogP contribution in [0.4, 0.5) is 5.13 Å². The topological polar surface area (TPSA) is 105 Å². The van der Waals surface area contributed by atoms with E-state index in [1.807, 2.05) is 0 Å². The van der Waals surface area contributed by atoms with E-state index in [-0.39, 0.29) is 18.7 Å². The summed E-state index contributed by atoms with van der Waals surface area (Å²) in [5.41, 5.74) is 0.860. The number of carbonyl (C=O) groups excluding carboxylic acids is 1. The smallest absolute Gasteiger partial charge is 0.303 e. The van der Waals surface area contributed by atoms with Crippen molar-refractivity contribution in [2.24, 2.45) is 0 Å². The van der Waals surface area contributed by atoms with Gasteiger partial charge in [0.15, 0.2) is 0 Å². The summed E-state index contributed by atoms with van der Waals surface area (Å²) in [5, 5.41) is 19.8. The number of anilines is 1. The molecule has 0 aliphatic carbocycles. The SMILES string of the molecule is O=C(O)CCC(=O)Nc1nnc(-c2ccncc2)s1. The summed E-state index contributed by atoms with van der Waals surface area (Å²) in [4.78, 5) is 25.6. The van der Waals surface area contributed by atoms with Crippen LogP contribution in [-0.2, 0) is 9.59 Å². The number of amides is 1. The molecule has 0 spiro atoms. The minimum Gasteiger partial charge on any atom is -0.481 e. The summed E-state index contributed by atoms with van der Waals surface area (Å²) >= 11 is 1.22. The zero-order valence-corrected chi connectivity index (χ0v) is 10.6. The van der Waals surface area contributed by atoms with Crippen LogP contribution in [0.25, 0.3) is 10.6 Å². The molecule has 98 valence electrons. The molecule has 0 aromatic carbocycles. The van der Waals surface area contributed by atoms with Crippen LogP contribution in [-0.4, -0.2) is 32.2 Å². The van der Waals surface area contributed by atoms with Gasteiger partial charge in [0.05, 0.1) is 6.42 Å². The van der Waals surface area contributed by atoms with Gasteiger partial charge in [0.25, 0.3) is 0 Å². The van der Waals surface area contributed by atoms with E-state index >= 15 is 0 Å². The fourth-order valence-corrected chi connectivity index (χ4v) is 2.05. The number of nitrogens with one attached hydrogen (secondary N) is 1. The van der Waals surface area contributed by atoms with Gasteiger partial charge in [0.2, 0.25) is 11.0 Å². The lowest BCUT2D eigenvalue weighted by Crippen LogP contribution is -2.12. The standard InChI is InChI=1S/C11H10N4O3S/c16-8(1-2-9(17)18)13-11-15-14-10(19-11)7-3-5-12-6-4-7/h3-6H,1-2H2,(H,17,18)(H,13,15,16). The van der Waals surface area contributed by atoms with Crippen LogP contribution >= 0.6 is 11.3 Å². The second-order valence-electron chi connectivity index (χ2n) is 3.59. The maximum atomic E-state index is 11.4. The Morgan fingerprint density at radius 2 is 1.95 bits per heavy atom. The molecule has 2 aromatic heterocycles. The van der Waals surface area contributed by atoms with Crippen molar-refractivity contribution in [3.8, 4) is 10.6 Å². The maximum absolute atomic E-state index is 11.4. The number of carbonyl (C=O) groups is 2. The zero-order chi connectivity index (χ0) is 13.7. The van der Waals surface area contributed by atoms with Crippen molar-refractivity contribution in [3.05, 3.63) is 24.5 Å². The number of aromatic nitrogens is 3. The van der Waals surface area contributed by atoms with Crippen molar-refractivity contribution in [1.29, 1.82) is 0 Å². The first-order chi connectivity index (χ1) is 9.15. The van der Waals surface area contributed by atoms with E-state index in [0.29, 0.717) is 10.1 Å². The minimum atomic E-state index is -1.01. The first-order valence-corrected chi connectivity index (χ1v) is 6.22. The fourth-order valence-electron chi connectivity index (χ4n) is 1.29. The van der Waals surface area contributed by atoms with Crippen LogP contribution in [0, 0.1) is 0 Å². The number of hydrogen-bond donors (Lipinski definition) is 2. The fraction of sp³-hybridized carbons (Fsp3) is 0.182. The van der Waals surface area contributed by atoms with Crippen molar-refractivity contribution < 1.29 is 14.7 Å². The predicted molar refractivity (Wildman–Crippen MR) is 68.6 cm³/mol. The third-order valence-electron chi connectivity index (χ3n) is 2.16. The molecule has 0 atom stereocenters. The van der Waals surface area contributed by atoms with Gasteiger partial charge < -0.3 is 10.4 Å². The van der Waals surface area contributed by atoms with Gasteiger partial charge in [-0.05, 0) is 12.1 Å². The quantitative estimate of drug-likeness (QED) is 0.856. The molecule has 2 heterocycles. The number of carboxylic acid groups (broad SMARTS) is 1. The molecule has 19 heavy (non-hydrogen) atoms. The molecule has 0 saturated carbocycles. The Kier molecular flexibility index (Phi) is 4.14. The normalized spacial score (nSPS) is 10.1. The third-order valence-corrected chi connectivity index (χ3v) is 3.05. The van der Waals surface area contributed by atoms with Crippen molar-refractivity contribution in [1.82, 2.24) is 15.2 Å². The van der Waals surface area contributed by atoms with Crippen molar-refractivity contribution in [2.45, 2.75) is 12.8 Å². The molecule has 0 aliphatic heterocycles. The average molecular weight is 278 g/mol. The molecule has 0 radical (unpaired) electrons. The number of hydrogen-bond acceptors (Lipinski definition) is 6.